The van der Waals surface area contributed by atoms with E-state index in [9.17, 15) is 0 Å². The summed E-state index contributed by atoms with van der Waals surface area (Å²) in [4.78, 5) is 0. The molecule has 7 heteroatoms. The van der Waals surface area contributed by atoms with E-state index in [1.165, 1.54) is 0 Å². The molecule has 0 amide bonds. The molecule has 0 bridgehead atoms. The van der Waals surface area contributed by atoms with Crippen molar-refractivity contribution in [2.75, 3.05) is 33.9 Å². The van der Waals surface area contributed by atoms with Gasteiger partial charge in [0, 0.05) is 27.3 Å². The van der Waals surface area contributed by atoms with Crippen molar-refractivity contribution in [3.05, 3.63) is 0 Å². The molecule has 0 aromatic rings. The molecule has 5 nitrogen and oxygen atoms in total. The third-order valence-corrected chi connectivity index (χ3v) is 9.49. The summed E-state index contributed by atoms with van der Waals surface area (Å²) in [5, 5.41) is 3.27. The highest BCUT2D eigenvalue weighted by Crippen LogP contribution is 2.20. The third-order valence-electron chi connectivity index (χ3n) is 2.69. The molecule has 0 saturated heterocycles. The van der Waals surface area contributed by atoms with Crippen LogP contribution < -0.4 is 11.1 Å². The maximum Gasteiger partial charge on any atom is 0.325 e. The lowest BCUT2D eigenvalue weighted by atomic mass is 10.5. The average molecular weight is 281 g/mol. The standard InChI is InChI=1S/C10H28N2O3Si2/c1-13-16(3,4)15-17(5,14-2)10-6-8-12-9-7-11/h12H,6-11H2,1-5H3. The number of nitrogens with two attached hydrogens (primary N) is 1. The summed E-state index contributed by atoms with van der Waals surface area (Å²) < 4.78 is 17.1. The van der Waals surface area contributed by atoms with Crippen molar-refractivity contribution in [2.45, 2.75) is 32.1 Å². The first-order valence-electron chi connectivity index (χ1n) is 6.10. The van der Waals surface area contributed by atoms with Crippen molar-refractivity contribution in [3.63, 3.8) is 0 Å². The monoisotopic (exact) mass is 280 g/mol. The SMILES string of the molecule is CO[Si](C)(C)O[Si](C)(CCCNCCN)OC. The zero-order chi connectivity index (χ0) is 13.4. The molecule has 0 fully saturated rings. The van der Waals surface area contributed by atoms with E-state index in [-0.39, 0.29) is 0 Å². The van der Waals surface area contributed by atoms with E-state index in [1.807, 2.05) is 13.1 Å². The summed E-state index contributed by atoms with van der Waals surface area (Å²) in [7, 11) is -0.644. The molecule has 0 aliphatic carbocycles. The molecule has 0 aromatic carbocycles. The Balaban J connectivity index is 4.01. The van der Waals surface area contributed by atoms with Crippen LogP contribution >= 0.6 is 0 Å². The maximum absolute atomic E-state index is 6.11. The first-order valence-corrected chi connectivity index (χ1v) is 11.4. The number of hydrogen-bond donors (Lipinski definition) is 2. The molecule has 0 saturated carbocycles. The highest BCUT2D eigenvalue weighted by atomic mass is 28.5. The van der Waals surface area contributed by atoms with Gasteiger partial charge in [-0.05, 0) is 38.7 Å². The highest BCUT2D eigenvalue weighted by molar-refractivity contribution is 6.79. The lowest BCUT2D eigenvalue weighted by Crippen LogP contribution is -2.49. The largest absolute Gasteiger partial charge is 0.415 e. The van der Waals surface area contributed by atoms with Gasteiger partial charge in [-0.25, -0.2) is 0 Å². The van der Waals surface area contributed by atoms with Crippen LogP contribution in [0.15, 0.2) is 0 Å². The molecule has 0 aliphatic heterocycles. The number of rotatable bonds is 10. The Morgan fingerprint density at radius 3 is 2.18 bits per heavy atom. The number of nitrogens with one attached hydrogen (secondary N) is 1. The van der Waals surface area contributed by atoms with Gasteiger partial charge in [-0.15, -0.1) is 0 Å². The van der Waals surface area contributed by atoms with Gasteiger partial charge in [0.1, 0.15) is 0 Å². The molecule has 0 rings (SSSR count). The van der Waals surface area contributed by atoms with Crippen LogP contribution in [0.5, 0.6) is 0 Å². The second kappa shape index (κ2) is 8.36. The van der Waals surface area contributed by atoms with E-state index in [2.05, 4.69) is 11.9 Å². The minimum absolute atomic E-state index is 0.680. The Labute approximate surface area is 108 Å². The van der Waals surface area contributed by atoms with Gasteiger partial charge < -0.3 is 24.0 Å². The third kappa shape index (κ3) is 8.03. The van der Waals surface area contributed by atoms with Crippen molar-refractivity contribution in [1.29, 1.82) is 0 Å². The fourth-order valence-corrected chi connectivity index (χ4v) is 7.78. The maximum atomic E-state index is 6.11. The smallest absolute Gasteiger partial charge is 0.325 e. The predicted molar refractivity (Wildman–Crippen MR) is 75.6 cm³/mol. The van der Waals surface area contributed by atoms with Crippen LogP contribution in [0.3, 0.4) is 0 Å². The zero-order valence-corrected chi connectivity index (χ0v) is 13.8. The van der Waals surface area contributed by atoms with E-state index in [0.29, 0.717) is 6.54 Å². The molecule has 17 heavy (non-hydrogen) atoms. The zero-order valence-electron chi connectivity index (χ0n) is 11.8. The first kappa shape index (κ1) is 17.2. The molecule has 1 atom stereocenters. The van der Waals surface area contributed by atoms with Gasteiger partial charge in [0.25, 0.3) is 0 Å². The quantitative estimate of drug-likeness (QED) is 0.462. The van der Waals surface area contributed by atoms with Crippen molar-refractivity contribution < 1.29 is 13.0 Å². The molecule has 0 aromatic heterocycles. The lowest BCUT2D eigenvalue weighted by Gasteiger charge is -2.33. The van der Waals surface area contributed by atoms with Crippen molar-refractivity contribution in [2.24, 2.45) is 5.73 Å². The van der Waals surface area contributed by atoms with E-state index < -0.39 is 17.1 Å². The van der Waals surface area contributed by atoms with Crippen molar-refractivity contribution in [1.82, 2.24) is 5.32 Å². The van der Waals surface area contributed by atoms with Gasteiger partial charge in [0.2, 0.25) is 0 Å². The molecule has 3 N–H and O–H groups in total. The molecule has 1 unspecified atom stereocenters. The van der Waals surface area contributed by atoms with E-state index in [4.69, 9.17) is 18.7 Å². The van der Waals surface area contributed by atoms with Crippen molar-refractivity contribution >= 4 is 17.1 Å². The molecular formula is C10H28N2O3Si2. The van der Waals surface area contributed by atoms with Crippen LogP contribution in [0.25, 0.3) is 0 Å². The predicted octanol–water partition coefficient (Wildman–Crippen LogP) is 1.01. The van der Waals surface area contributed by atoms with Gasteiger partial charge in [-0.3, -0.25) is 0 Å². The Morgan fingerprint density at radius 2 is 1.71 bits per heavy atom. The molecule has 0 radical (unpaired) electrons. The van der Waals surface area contributed by atoms with Crippen LogP contribution in [-0.4, -0.2) is 51.0 Å². The first-order chi connectivity index (χ1) is 7.89. The van der Waals surface area contributed by atoms with Gasteiger partial charge in [0.15, 0.2) is 0 Å². The fourth-order valence-electron chi connectivity index (χ4n) is 1.52. The summed E-state index contributed by atoms with van der Waals surface area (Å²) in [6.07, 6.45) is 1.05. The van der Waals surface area contributed by atoms with Crippen molar-refractivity contribution in [3.8, 4) is 0 Å². The molecule has 104 valence electrons. The second-order valence-electron chi connectivity index (χ2n) is 4.69. The lowest BCUT2D eigenvalue weighted by molar-refractivity contribution is 0.244. The highest BCUT2D eigenvalue weighted by Gasteiger charge is 2.38. The summed E-state index contributed by atoms with van der Waals surface area (Å²) in [6.45, 7) is 8.70. The average Bonchev–Trinajstić information content (AvgIpc) is 2.28. The van der Waals surface area contributed by atoms with E-state index in [0.717, 1.165) is 25.6 Å². The normalized spacial score (nSPS) is 15.9. The molecule has 0 heterocycles. The molecule has 0 aliphatic rings. The Hall–Kier alpha value is 0.234. The Morgan fingerprint density at radius 1 is 1.06 bits per heavy atom. The Bertz CT molecular complexity index is 208. The fraction of sp³-hybridized carbons (Fsp3) is 1.00. The van der Waals surface area contributed by atoms with E-state index in [1.54, 1.807) is 14.2 Å². The molecular weight excluding hydrogens is 252 g/mol. The van der Waals surface area contributed by atoms with E-state index >= 15 is 0 Å². The topological polar surface area (TPSA) is 65.7 Å². The van der Waals surface area contributed by atoms with Gasteiger partial charge in [-0.2, -0.15) is 0 Å². The van der Waals surface area contributed by atoms with Crippen LogP contribution in [0.2, 0.25) is 25.7 Å². The van der Waals surface area contributed by atoms with Crippen LogP contribution in [0.4, 0.5) is 0 Å². The minimum atomic E-state index is -2.07. The van der Waals surface area contributed by atoms with Crippen LogP contribution in [0.1, 0.15) is 6.42 Å². The van der Waals surface area contributed by atoms with Gasteiger partial charge in [-0.1, -0.05) is 0 Å². The van der Waals surface area contributed by atoms with Crippen LogP contribution in [-0.2, 0) is 13.0 Å². The summed E-state index contributed by atoms with van der Waals surface area (Å²) in [5.74, 6) is 0. The summed E-state index contributed by atoms with van der Waals surface area (Å²) in [5.41, 5.74) is 5.41. The summed E-state index contributed by atoms with van der Waals surface area (Å²) in [6, 6.07) is 0.973. The Kier molecular flexibility index (Phi) is 8.47. The number of hydrogen-bond acceptors (Lipinski definition) is 5. The summed E-state index contributed by atoms with van der Waals surface area (Å²) >= 11 is 0. The second-order valence-corrected chi connectivity index (χ2v) is 11.9. The minimum Gasteiger partial charge on any atom is -0.415 e. The van der Waals surface area contributed by atoms with Gasteiger partial charge >= 0.3 is 17.1 Å². The molecule has 0 spiro atoms. The van der Waals surface area contributed by atoms with Crippen LogP contribution in [0, 0.1) is 0 Å². The van der Waals surface area contributed by atoms with Gasteiger partial charge in [0.05, 0.1) is 0 Å².